The summed E-state index contributed by atoms with van der Waals surface area (Å²) in [5, 5.41) is 21.2. The summed E-state index contributed by atoms with van der Waals surface area (Å²) in [6.07, 6.45) is 0.244. The number of nitrogens with one attached hydrogen (secondary N) is 1. The van der Waals surface area contributed by atoms with Crippen molar-refractivity contribution < 1.29 is 23.8 Å². The summed E-state index contributed by atoms with van der Waals surface area (Å²) < 4.78 is 25.8. The van der Waals surface area contributed by atoms with Crippen LogP contribution in [0.4, 0.5) is 8.78 Å². The molecule has 17 heavy (non-hydrogen) atoms. The van der Waals surface area contributed by atoms with Crippen LogP contribution >= 0.6 is 0 Å². The maximum absolute atomic E-state index is 13.0. The number of carboxylic acids is 1. The monoisotopic (exact) mass is 243 g/mol. The average Bonchev–Trinajstić information content (AvgIpc) is 2.72. The Hall–Kier alpha value is -1.69. The third-order valence-corrected chi connectivity index (χ3v) is 2.93. The second-order valence-corrected chi connectivity index (χ2v) is 4.06. The van der Waals surface area contributed by atoms with Gasteiger partial charge in [-0.05, 0) is 12.5 Å². The van der Waals surface area contributed by atoms with Gasteiger partial charge in [0.25, 0.3) is 0 Å². The van der Waals surface area contributed by atoms with Crippen molar-refractivity contribution in [3.05, 3.63) is 29.3 Å². The van der Waals surface area contributed by atoms with Crippen molar-refractivity contribution in [3.8, 4) is 5.75 Å². The molecule has 1 fully saturated rings. The van der Waals surface area contributed by atoms with E-state index < -0.39 is 29.6 Å². The van der Waals surface area contributed by atoms with Crippen molar-refractivity contribution in [2.45, 2.75) is 12.5 Å². The van der Waals surface area contributed by atoms with Gasteiger partial charge in [-0.2, -0.15) is 0 Å². The molecule has 2 rings (SSSR count). The molecule has 6 heteroatoms. The van der Waals surface area contributed by atoms with E-state index in [4.69, 9.17) is 5.11 Å². The maximum Gasteiger partial charge on any atom is 0.307 e. The number of phenolic OH excluding ortho intramolecular Hbond substituents is 1. The lowest BCUT2D eigenvalue weighted by molar-refractivity contribution is -0.141. The molecule has 1 saturated heterocycles. The van der Waals surface area contributed by atoms with Gasteiger partial charge >= 0.3 is 5.97 Å². The molecule has 2 atom stereocenters. The summed E-state index contributed by atoms with van der Waals surface area (Å²) in [4.78, 5) is 10.7. The lowest BCUT2D eigenvalue weighted by Crippen LogP contribution is -2.17. The zero-order chi connectivity index (χ0) is 12.6. The standard InChI is InChI=1S/C11H11F2NO3/c12-7-2-6(10(15)3-8(7)13)9-1-5(4-14-9)11(16)17/h2-3,5,9,14-15H,1,4H2,(H,16,17). The normalized spacial score (nSPS) is 23.9. The Bertz CT molecular complexity index is 464. The molecule has 0 saturated carbocycles. The molecule has 0 aromatic heterocycles. The van der Waals surface area contributed by atoms with Crippen LogP contribution in [0.25, 0.3) is 0 Å². The molecule has 1 heterocycles. The first-order chi connectivity index (χ1) is 7.99. The molecule has 1 aromatic carbocycles. The molecule has 4 nitrogen and oxygen atoms in total. The Balaban J connectivity index is 2.24. The number of halogens is 2. The van der Waals surface area contributed by atoms with Crippen LogP contribution in [0, 0.1) is 17.6 Å². The lowest BCUT2D eigenvalue weighted by Gasteiger charge is -2.12. The van der Waals surface area contributed by atoms with Crippen LogP contribution < -0.4 is 5.32 Å². The number of carbonyl (C=O) groups is 1. The van der Waals surface area contributed by atoms with Crippen molar-refractivity contribution in [2.24, 2.45) is 5.92 Å². The van der Waals surface area contributed by atoms with Gasteiger partial charge in [-0.1, -0.05) is 0 Å². The van der Waals surface area contributed by atoms with Crippen molar-refractivity contribution in [1.29, 1.82) is 0 Å². The summed E-state index contributed by atoms with van der Waals surface area (Å²) in [6.45, 7) is 0.248. The third-order valence-electron chi connectivity index (χ3n) is 2.93. The van der Waals surface area contributed by atoms with E-state index >= 15 is 0 Å². The van der Waals surface area contributed by atoms with Gasteiger partial charge in [0.2, 0.25) is 0 Å². The fourth-order valence-electron chi connectivity index (χ4n) is 1.99. The number of rotatable bonds is 2. The van der Waals surface area contributed by atoms with E-state index in [1.54, 1.807) is 0 Å². The number of benzene rings is 1. The number of hydrogen-bond donors (Lipinski definition) is 3. The molecule has 0 radical (unpaired) electrons. The van der Waals surface area contributed by atoms with Crippen LogP contribution in [0.3, 0.4) is 0 Å². The minimum absolute atomic E-state index is 0.188. The lowest BCUT2D eigenvalue weighted by atomic mass is 9.99. The second kappa shape index (κ2) is 4.29. The molecule has 0 amide bonds. The van der Waals surface area contributed by atoms with E-state index in [1.165, 1.54) is 0 Å². The molecule has 0 aliphatic carbocycles. The minimum atomic E-state index is -1.13. The van der Waals surface area contributed by atoms with Crippen LogP contribution in [0.15, 0.2) is 12.1 Å². The van der Waals surface area contributed by atoms with Crippen LogP contribution in [0.1, 0.15) is 18.0 Å². The Labute approximate surface area is 95.9 Å². The maximum atomic E-state index is 13.0. The van der Waals surface area contributed by atoms with Crippen LogP contribution in [-0.2, 0) is 4.79 Å². The van der Waals surface area contributed by atoms with Crippen molar-refractivity contribution in [3.63, 3.8) is 0 Å². The molecule has 3 N–H and O–H groups in total. The quantitative estimate of drug-likeness (QED) is 0.734. The summed E-state index contributed by atoms with van der Waals surface area (Å²) in [5.74, 6) is -4.07. The second-order valence-electron chi connectivity index (χ2n) is 4.06. The van der Waals surface area contributed by atoms with Gasteiger partial charge in [0.15, 0.2) is 11.6 Å². The molecule has 1 aromatic rings. The molecule has 0 spiro atoms. The topological polar surface area (TPSA) is 69.6 Å². The molecule has 1 aliphatic heterocycles. The zero-order valence-corrected chi connectivity index (χ0v) is 8.78. The van der Waals surface area contributed by atoms with Gasteiger partial charge in [-0.15, -0.1) is 0 Å². The molecule has 1 aliphatic rings. The van der Waals surface area contributed by atoms with Crippen LogP contribution in [0.2, 0.25) is 0 Å². The summed E-state index contributed by atoms with van der Waals surface area (Å²) >= 11 is 0. The van der Waals surface area contributed by atoms with Crippen molar-refractivity contribution in [1.82, 2.24) is 5.32 Å². The van der Waals surface area contributed by atoms with E-state index in [0.717, 1.165) is 6.07 Å². The van der Waals surface area contributed by atoms with E-state index in [0.29, 0.717) is 6.07 Å². The Morgan fingerprint density at radius 1 is 1.35 bits per heavy atom. The Morgan fingerprint density at radius 2 is 2.00 bits per heavy atom. The molecular weight excluding hydrogens is 232 g/mol. The van der Waals surface area contributed by atoms with Gasteiger partial charge in [0, 0.05) is 24.2 Å². The summed E-state index contributed by atoms with van der Waals surface area (Å²) in [5.41, 5.74) is 0.188. The number of aromatic hydroxyl groups is 1. The smallest absolute Gasteiger partial charge is 0.307 e. The largest absolute Gasteiger partial charge is 0.507 e. The number of carboxylic acid groups (broad SMARTS) is 1. The van der Waals surface area contributed by atoms with Crippen LogP contribution in [-0.4, -0.2) is 22.7 Å². The number of aliphatic carboxylic acids is 1. The summed E-state index contributed by atoms with van der Waals surface area (Å²) in [7, 11) is 0. The molecular formula is C11H11F2NO3. The fraction of sp³-hybridized carbons (Fsp3) is 0.364. The average molecular weight is 243 g/mol. The number of phenols is 1. The highest BCUT2D eigenvalue weighted by molar-refractivity contribution is 5.70. The Kier molecular flexibility index (Phi) is 2.97. The minimum Gasteiger partial charge on any atom is -0.507 e. The van der Waals surface area contributed by atoms with Crippen molar-refractivity contribution >= 4 is 5.97 Å². The first kappa shape index (κ1) is 11.8. The summed E-state index contributed by atoms with van der Waals surface area (Å²) in [6, 6.07) is 1.12. The van der Waals surface area contributed by atoms with Crippen molar-refractivity contribution in [2.75, 3.05) is 6.54 Å². The number of hydrogen-bond acceptors (Lipinski definition) is 3. The van der Waals surface area contributed by atoms with Gasteiger partial charge in [-0.25, -0.2) is 8.78 Å². The predicted molar refractivity (Wildman–Crippen MR) is 54.5 cm³/mol. The van der Waals surface area contributed by atoms with E-state index in [1.807, 2.05) is 0 Å². The fourth-order valence-corrected chi connectivity index (χ4v) is 1.99. The van der Waals surface area contributed by atoms with E-state index in [2.05, 4.69) is 5.32 Å². The highest BCUT2D eigenvalue weighted by atomic mass is 19.2. The SMILES string of the molecule is O=C(O)C1CNC(c2cc(F)c(F)cc2O)C1. The third kappa shape index (κ3) is 2.21. The zero-order valence-electron chi connectivity index (χ0n) is 8.78. The van der Waals surface area contributed by atoms with Gasteiger partial charge in [0.05, 0.1) is 5.92 Å². The first-order valence-electron chi connectivity index (χ1n) is 5.13. The highest BCUT2D eigenvalue weighted by Gasteiger charge is 2.31. The van der Waals surface area contributed by atoms with Gasteiger partial charge < -0.3 is 15.5 Å². The first-order valence-corrected chi connectivity index (χ1v) is 5.13. The Morgan fingerprint density at radius 3 is 2.59 bits per heavy atom. The molecule has 92 valence electrons. The van der Waals surface area contributed by atoms with E-state index in [9.17, 15) is 18.7 Å². The molecule has 2 unspecified atom stereocenters. The predicted octanol–water partition coefficient (Wildman–Crippen LogP) is 1.41. The highest BCUT2D eigenvalue weighted by Crippen LogP contribution is 2.33. The van der Waals surface area contributed by atoms with Crippen LogP contribution in [0.5, 0.6) is 5.75 Å². The van der Waals surface area contributed by atoms with E-state index in [-0.39, 0.29) is 24.3 Å². The van der Waals surface area contributed by atoms with Gasteiger partial charge in [0.1, 0.15) is 5.75 Å². The van der Waals surface area contributed by atoms with Gasteiger partial charge in [-0.3, -0.25) is 4.79 Å². The molecule has 0 bridgehead atoms.